The minimum atomic E-state index is -3.88. The molecule has 1 aromatic heterocycles. The zero-order valence-electron chi connectivity index (χ0n) is 14.5. The topological polar surface area (TPSA) is 90.7 Å². The lowest BCUT2D eigenvalue weighted by atomic mass is 10.1. The summed E-state index contributed by atoms with van der Waals surface area (Å²) >= 11 is 3.31. The highest BCUT2D eigenvalue weighted by molar-refractivity contribution is 9.10. The van der Waals surface area contributed by atoms with Crippen molar-refractivity contribution >= 4 is 42.5 Å². The number of hydrogen-bond acceptors (Lipinski definition) is 6. The molecule has 0 aliphatic carbocycles. The predicted molar refractivity (Wildman–Crippen MR) is 104 cm³/mol. The van der Waals surface area contributed by atoms with Gasteiger partial charge < -0.3 is 9.15 Å². The van der Waals surface area contributed by atoms with Crippen molar-refractivity contribution in [3.8, 4) is 5.75 Å². The van der Waals surface area contributed by atoms with E-state index >= 15 is 0 Å². The number of carbonyl (C=O) groups is 1. The minimum Gasteiger partial charge on any atom is -0.493 e. The SMILES string of the molecule is COc1cc(Br)cc2cc(C(=O)CS(=O)(=O)c3ccc(C)cc3)c(=O)oc12. The Balaban J connectivity index is 2.02. The highest BCUT2D eigenvalue weighted by atomic mass is 79.9. The number of hydrogen-bond donors (Lipinski definition) is 0. The molecular formula is C19H15BrO6S. The van der Waals surface area contributed by atoms with E-state index in [-0.39, 0.29) is 16.0 Å². The van der Waals surface area contributed by atoms with Crippen molar-refractivity contribution in [2.24, 2.45) is 0 Å². The van der Waals surface area contributed by atoms with Crippen molar-refractivity contribution in [2.45, 2.75) is 11.8 Å². The van der Waals surface area contributed by atoms with E-state index in [0.29, 0.717) is 15.6 Å². The van der Waals surface area contributed by atoms with Crippen LogP contribution in [0.5, 0.6) is 5.75 Å². The van der Waals surface area contributed by atoms with Crippen molar-refractivity contribution < 1.29 is 22.4 Å². The monoisotopic (exact) mass is 450 g/mol. The number of sulfone groups is 1. The Bertz CT molecular complexity index is 1190. The molecule has 0 unspecified atom stereocenters. The fourth-order valence-electron chi connectivity index (χ4n) is 2.59. The van der Waals surface area contributed by atoms with Gasteiger partial charge in [-0.05, 0) is 37.3 Å². The minimum absolute atomic E-state index is 0.0241. The Labute approximate surface area is 163 Å². The molecule has 3 aromatic rings. The lowest BCUT2D eigenvalue weighted by Gasteiger charge is -2.07. The van der Waals surface area contributed by atoms with Crippen LogP contribution >= 0.6 is 15.9 Å². The molecule has 0 amide bonds. The number of methoxy groups -OCH3 is 1. The molecule has 1 heterocycles. The molecule has 140 valence electrons. The highest BCUT2D eigenvalue weighted by Gasteiger charge is 2.24. The van der Waals surface area contributed by atoms with Gasteiger partial charge in [-0.1, -0.05) is 33.6 Å². The molecule has 0 aliphatic heterocycles. The molecule has 6 nitrogen and oxygen atoms in total. The average molecular weight is 451 g/mol. The first-order valence-corrected chi connectivity index (χ1v) is 10.3. The maximum Gasteiger partial charge on any atom is 0.347 e. The van der Waals surface area contributed by atoms with Gasteiger partial charge in [0.1, 0.15) is 11.3 Å². The molecule has 2 aromatic carbocycles. The molecule has 0 bridgehead atoms. The Morgan fingerprint density at radius 1 is 1.15 bits per heavy atom. The number of halogens is 1. The van der Waals surface area contributed by atoms with E-state index in [0.717, 1.165) is 5.56 Å². The predicted octanol–water partition coefficient (Wildman–Crippen LogP) is 3.53. The second-order valence-electron chi connectivity index (χ2n) is 5.97. The van der Waals surface area contributed by atoms with Crippen molar-refractivity contribution in [3.63, 3.8) is 0 Å². The van der Waals surface area contributed by atoms with E-state index in [2.05, 4.69) is 15.9 Å². The van der Waals surface area contributed by atoms with Crippen LogP contribution in [0.1, 0.15) is 15.9 Å². The lowest BCUT2D eigenvalue weighted by Crippen LogP contribution is -2.22. The molecule has 3 rings (SSSR count). The summed E-state index contributed by atoms with van der Waals surface area (Å²) in [4.78, 5) is 24.8. The second kappa shape index (κ2) is 7.28. The Morgan fingerprint density at radius 2 is 1.81 bits per heavy atom. The lowest BCUT2D eigenvalue weighted by molar-refractivity contribution is 0.101. The van der Waals surface area contributed by atoms with Gasteiger partial charge in [-0.25, -0.2) is 13.2 Å². The van der Waals surface area contributed by atoms with Gasteiger partial charge in [-0.15, -0.1) is 0 Å². The van der Waals surface area contributed by atoms with Crippen LogP contribution in [0, 0.1) is 6.92 Å². The Kier molecular flexibility index (Phi) is 5.21. The molecule has 0 radical (unpaired) electrons. The number of benzene rings is 2. The van der Waals surface area contributed by atoms with E-state index in [1.165, 1.54) is 25.3 Å². The quantitative estimate of drug-likeness (QED) is 0.436. The van der Waals surface area contributed by atoms with Gasteiger partial charge in [0, 0.05) is 9.86 Å². The summed E-state index contributed by atoms with van der Waals surface area (Å²) in [5.74, 6) is -1.33. The first-order valence-electron chi connectivity index (χ1n) is 7.85. The third-order valence-corrected chi connectivity index (χ3v) is 6.07. The molecule has 0 saturated carbocycles. The third kappa shape index (κ3) is 3.96. The average Bonchev–Trinajstić information content (AvgIpc) is 2.60. The molecule has 0 atom stereocenters. The summed E-state index contributed by atoms with van der Waals surface area (Å²) in [6, 6.07) is 10.7. The zero-order valence-corrected chi connectivity index (χ0v) is 16.9. The van der Waals surface area contributed by atoms with E-state index in [4.69, 9.17) is 9.15 Å². The summed E-state index contributed by atoms with van der Waals surface area (Å²) in [6.45, 7) is 1.83. The van der Waals surface area contributed by atoms with Crippen LogP contribution in [0.4, 0.5) is 0 Å². The zero-order chi connectivity index (χ0) is 19.8. The second-order valence-corrected chi connectivity index (χ2v) is 8.87. The maximum atomic E-state index is 12.5. The van der Waals surface area contributed by atoms with Gasteiger partial charge >= 0.3 is 5.63 Å². The largest absolute Gasteiger partial charge is 0.493 e. The number of carbonyl (C=O) groups excluding carboxylic acids is 1. The molecule has 8 heteroatoms. The van der Waals surface area contributed by atoms with E-state index in [1.54, 1.807) is 24.3 Å². The summed E-state index contributed by atoms with van der Waals surface area (Å²) in [5.41, 5.74) is -0.149. The van der Waals surface area contributed by atoms with Crippen molar-refractivity contribution in [1.29, 1.82) is 0 Å². The number of fused-ring (bicyclic) bond motifs is 1. The van der Waals surface area contributed by atoms with Crippen LogP contribution in [0.3, 0.4) is 0 Å². The van der Waals surface area contributed by atoms with Gasteiger partial charge in [-0.3, -0.25) is 4.79 Å². The van der Waals surface area contributed by atoms with Crippen LogP contribution in [-0.2, 0) is 9.84 Å². The number of aryl methyl sites for hydroxylation is 1. The van der Waals surface area contributed by atoms with Gasteiger partial charge in [0.25, 0.3) is 0 Å². The summed E-state index contributed by atoms with van der Waals surface area (Å²) in [7, 11) is -2.45. The fraction of sp³-hybridized carbons (Fsp3) is 0.158. The van der Waals surface area contributed by atoms with Crippen molar-refractivity contribution in [2.75, 3.05) is 12.9 Å². The third-order valence-electron chi connectivity index (χ3n) is 3.98. The fourth-order valence-corrected chi connectivity index (χ4v) is 4.27. The molecule has 0 spiro atoms. The van der Waals surface area contributed by atoms with Gasteiger partial charge in [0.15, 0.2) is 27.0 Å². The van der Waals surface area contributed by atoms with Crippen LogP contribution in [0.15, 0.2) is 61.0 Å². The van der Waals surface area contributed by atoms with E-state index in [1.807, 2.05) is 6.92 Å². The molecule has 0 fully saturated rings. The normalized spacial score (nSPS) is 11.5. The van der Waals surface area contributed by atoms with Crippen molar-refractivity contribution in [1.82, 2.24) is 0 Å². The summed E-state index contributed by atoms with van der Waals surface area (Å²) in [5, 5.41) is 0.442. The number of ether oxygens (including phenoxy) is 1. The van der Waals surface area contributed by atoms with E-state index in [9.17, 15) is 18.0 Å². The summed E-state index contributed by atoms with van der Waals surface area (Å²) in [6.07, 6.45) is 0. The van der Waals surface area contributed by atoms with Gasteiger partial charge in [0.05, 0.1) is 12.0 Å². The number of Topliss-reactive ketones (excluding diaryl/α,β-unsaturated/α-hetero) is 1. The molecule has 0 saturated heterocycles. The van der Waals surface area contributed by atoms with Gasteiger partial charge in [0.2, 0.25) is 0 Å². The van der Waals surface area contributed by atoms with E-state index < -0.39 is 27.0 Å². The Morgan fingerprint density at radius 3 is 2.44 bits per heavy atom. The first-order chi connectivity index (χ1) is 12.7. The molecule has 0 N–H and O–H groups in total. The molecule has 0 aliphatic rings. The molecule has 27 heavy (non-hydrogen) atoms. The first kappa shape index (κ1) is 19.3. The number of rotatable bonds is 5. The standard InChI is InChI=1S/C19H15BrO6S/c1-11-3-5-14(6-4-11)27(23,24)10-16(21)15-8-12-7-13(20)9-17(25-2)18(12)26-19(15)22/h3-9H,10H2,1-2H3. The van der Waals surface area contributed by atoms with Crippen molar-refractivity contribution in [3.05, 3.63) is 68.5 Å². The maximum absolute atomic E-state index is 12.5. The van der Waals surface area contributed by atoms with Crippen LogP contribution in [0.25, 0.3) is 11.0 Å². The molecular weight excluding hydrogens is 436 g/mol. The van der Waals surface area contributed by atoms with Gasteiger partial charge in [-0.2, -0.15) is 0 Å². The van der Waals surface area contributed by atoms with Crippen LogP contribution in [0.2, 0.25) is 0 Å². The Hall–Kier alpha value is -2.45. The smallest absolute Gasteiger partial charge is 0.347 e. The summed E-state index contributed by atoms with van der Waals surface area (Å²) < 4.78 is 36.0. The van der Waals surface area contributed by atoms with Crippen LogP contribution in [-0.4, -0.2) is 27.1 Å². The number of ketones is 1. The highest BCUT2D eigenvalue weighted by Crippen LogP contribution is 2.29. The van der Waals surface area contributed by atoms with Crippen LogP contribution < -0.4 is 10.4 Å².